The number of aromatic nitrogens is 1. The van der Waals surface area contributed by atoms with Crippen molar-refractivity contribution < 1.29 is 32.3 Å². The second-order valence-corrected chi connectivity index (χ2v) is 8.59. The molecule has 11 heteroatoms. The smallest absolute Gasteiger partial charge is 0.387 e. The van der Waals surface area contributed by atoms with Gasteiger partial charge in [0.25, 0.3) is 11.8 Å². The summed E-state index contributed by atoms with van der Waals surface area (Å²) in [7, 11) is 3.34. The van der Waals surface area contributed by atoms with Gasteiger partial charge >= 0.3 is 6.18 Å². The van der Waals surface area contributed by atoms with Crippen LogP contribution >= 0.6 is 0 Å². The minimum Gasteiger partial charge on any atom is -0.387 e. The molecule has 7 nitrogen and oxygen atoms in total. The fourth-order valence-corrected chi connectivity index (χ4v) is 3.35. The van der Waals surface area contributed by atoms with E-state index in [-0.39, 0.29) is 18.8 Å². The third-order valence-corrected chi connectivity index (χ3v) is 5.25. The van der Waals surface area contributed by atoms with Crippen LogP contribution in [0.5, 0.6) is 0 Å². The first-order chi connectivity index (χ1) is 15.2. The first kappa shape index (κ1) is 24.4. The SMILES string of the molecule is CN(C)c1cc2c(cc1NC(=O)c1cccc(C(F)(F)F)n1)CN(CC(F)C(C)(C)O)C2=O. The number of carbonyl (C=O) groups is 2. The number of nitrogens with zero attached hydrogens (tertiary/aromatic N) is 3. The van der Waals surface area contributed by atoms with Gasteiger partial charge in [0.05, 0.1) is 23.5 Å². The Labute approximate surface area is 188 Å². The lowest BCUT2D eigenvalue weighted by Crippen LogP contribution is -2.42. The highest BCUT2D eigenvalue weighted by molar-refractivity contribution is 6.06. The zero-order chi connectivity index (χ0) is 24.7. The van der Waals surface area contributed by atoms with E-state index in [1.54, 1.807) is 19.0 Å². The topological polar surface area (TPSA) is 85.8 Å². The highest BCUT2D eigenvalue weighted by atomic mass is 19.4. The number of rotatable bonds is 6. The predicted octanol–water partition coefficient (Wildman–Crippen LogP) is 3.48. The lowest BCUT2D eigenvalue weighted by molar-refractivity contribution is -0.141. The maximum absolute atomic E-state index is 14.3. The van der Waals surface area contributed by atoms with Gasteiger partial charge in [-0.15, -0.1) is 0 Å². The number of nitrogens with one attached hydrogen (secondary N) is 1. The second kappa shape index (κ2) is 8.62. The Morgan fingerprint density at radius 3 is 2.52 bits per heavy atom. The van der Waals surface area contributed by atoms with E-state index in [0.717, 1.165) is 18.2 Å². The summed E-state index contributed by atoms with van der Waals surface area (Å²) in [5.74, 6) is -1.27. The Morgan fingerprint density at radius 2 is 1.94 bits per heavy atom. The van der Waals surface area contributed by atoms with Gasteiger partial charge in [-0.05, 0) is 43.7 Å². The Balaban J connectivity index is 1.89. The predicted molar refractivity (Wildman–Crippen MR) is 114 cm³/mol. The van der Waals surface area contributed by atoms with E-state index < -0.39 is 41.2 Å². The van der Waals surface area contributed by atoms with Crippen molar-refractivity contribution in [2.75, 3.05) is 30.9 Å². The zero-order valence-electron chi connectivity index (χ0n) is 18.5. The molecule has 2 aromatic rings. The number of hydrogen-bond acceptors (Lipinski definition) is 5. The van der Waals surface area contributed by atoms with Crippen LogP contribution in [0.3, 0.4) is 0 Å². The number of hydrogen-bond donors (Lipinski definition) is 2. The van der Waals surface area contributed by atoms with Gasteiger partial charge in [0.1, 0.15) is 17.6 Å². The van der Waals surface area contributed by atoms with E-state index in [1.165, 1.54) is 30.9 Å². The molecule has 0 saturated heterocycles. The molecule has 1 aliphatic heterocycles. The average Bonchev–Trinajstić information content (AvgIpc) is 3.00. The van der Waals surface area contributed by atoms with Crippen LogP contribution in [0, 0.1) is 0 Å². The number of alkyl halides is 4. The maximum atomic E-state index is 14.3. The summed E-state index contributed by atoms with van der Waals surface area (Å²) in [6.45, 7) is 2.36. The summed E-state index contributed by atoms with van der Waals surface area (Å²) in [4.78, 5) is 31.7. The molecule has 1 unspecified atom stereocenters. The van der Waals surface area contributed by atoms with Crippen LogP contribution < -0.4 is 10.2 Å². The molecular weight excluding hydrogens is 444 g/mol. The Hall–Kier alpha value is -3.21. The second-order valence-electron chi connectivity index (χ2n) is 8.59. The zero-order valence-corrected chi connectivity index (χ0v) is 18.5. The number of amides is 2. The van der Waals surface area contributed by atoms with E-state index in [9.17, 15) is 32.3 Å². The Morgan fingerprint density at radius 1 is 1.27 bits per heavy atom. The molecule has 2 N–H and O–H groups in total. The van der Waals surface area contributed by atoms with Gasteiger partial charge < -0.3 is 20.2 Å². The molecule has 0 spiro atoms. The molecule has 3 rings (SSSR count). The van der Waals surface area contributed by atoms with Gasteiger partial charge in [-0.2, -0.15) is 13.2 Å². The van der Waals surface area contributed by atoms with Crippen LogP contribution in [0.2, 0.25) is 0 Å². The fourth-order valence-electron chi connectivity index (χ4n) is 3.35. The molecular formula is C22H24F4N4O3. The van der Waals surface area contributed by atoms with Crippen LogP contribution in [0.4, 0.5) is 28.9 Å². The number of benzene rings is 1. The summed E-state index contributed by atoms with van der Waals surface area (Å²) < 4.78 is 53.1. The molecule has 1 aromatic carbocycles. The standard InChI is InChI=1S/C22H24F4N4O3/c1-21(2,33)17(23)11-30-10-12-8-15(16(29(3)4)9-13(12)20(30)32)28-19(31)14-6-5-7-18(27-14)22(24,25)26/h5-9,17,33H,10-11H2,1-4H3,(H,28,31). The van der Waals surface area contributed by atoms with Crippen LogP contribution in [0.15, 0.2) is 30.3 Å². The van der Waals surface area contributed by atoms with Gasteiger partial charge in [0, 0.05) is 26.2 Å². The average molecular weight is 468 g/mol. The van der Waals surface area contributed by atoms with Gasteiger partial charge in [-0.3, -0.25) is 9.59 Å². The molecule has 0 bridgehead atoms. The van der Waals surface area contributed by atoms with Crippen molar-refractivity contribution in [3.8, 4) is 0 Å². The number of halogens is 4. The summed E-state index contributed by atoms with van der Waals surface area (Å²) in [6.07, 6.45) is -6.37. The molecule has 33 heavy (non-hydrogen) atoms. The first-order valence-corrected chi connectivity index (χ1v) is 10.0. The molecule has 1 aromatic heterocycles. The molecule has 178 valence electrons. The van der Waals surface area contributed by atoms with Crippen molar-refractivity contribution in [3.05, 3.63) is 52.8 Å². The minimum absolute atomic E-state index is 0.0586. The quantitative estimate of drug-likeness (QED) is 0.634. The van der Waals surface area contributed by atoms with Crippen molar-refractivity contribution in [3.63, 3.8) is 0 Å². The maximum Gasteiger partial charge on any atom is 0.433 e. The van der Waals surface area contributed by atoms with E-state index in [1.807, 2.05) is 0 Å². The highest BCUT2D eigenvalue weighted by Gasteiger charge is 2.36. The van der Waals surface area contributed by atoms with Gasteiger partial charge in [-0.25, -0.2) is 9.37 Å². The van der Waals surface area contributed by atoms with Crippen molar-refractivity contribution in [2.24, 2.45) is 0 Å². The van der Waals surface area contributed by atoms with E-state index in [0.29, 0.717) is 16.8 Å². The number of fused-ring (bicyclic) bond motifs is 1. The largest absolute Gasteiger partial charge is 0.433 e. The molecule has 2 heterocycles. The van der Waals surface area contributed by atoms with Crippen LogP contribution in [0.25, 0.3) is 0 Å². The molecule has 1 aliphatic rings. The van der Waals surface area contributed by atoms with Crippen LogP contribution in [0.1, 0.15) is 46.0 Å². The number of anilines is 2. The minimum atomic E-state index is -4.69. The molecule has 2 amide bonds. The lowest BCUT2D eigenvalue weighted by Gasteiger charge is -2.26. The van der Waals surface area contributed by atoms with Gasteiger partial charge in [-0.1, -0.05) is 6.07 Å². The summed E-state index contributed by atoms with van der Waals surface area (Å²) in [5.41, 5.74) is -1.71. The van der Waals surface area contributed by atoms with E-state index in [2.05, 4.69) is 10.3 Å². The summed E-state index contributed by atoms with van der Waals surface area (Å²) in [6, 6.07) is 6.09. The number of carbonyl (C=O) groups excluding carboxylic acids is 2. The van der Waals surface area contributed by atoms with Gasteiger partial charge in [0.15, 0.2) is 0 Å². The highest BCUT2D eigenvalue weighted by Crippen LogP contribution is 2.34. The number of pyridine rings is 1. The van der Waals surface area contributed by atoms with E-state index >= 15 is 0 Å². The van der Waals surface area contributed by atoms with Crippen LogP contribution in [-0.2, 0) is 12.7 Å². The third-order valence-electron chi connectivity index (χ3n) is 5.25. The molecule has 1 atom stereocenters. The first-order valence-electron chi connectivity index (χ1n) is 10.0. The normalized spacial score (nSPS) is 14.8. The summed E-state index contributed by atoms with van der Waals surface area (Å²) >= 11 is 0. The van der Waals surface area contributed by atoms with Crippen LogP contribution in [-0.4, -0.2) is 59.2 Å². The lowest BCUT2D eigenvalue weighted by atomic mass is 10.0. The molecule has 0 saturated carbocycles. The number of aliphatic hydroxyl groups is 1. The molecule has 0 radical (unpaired) electrons. The Bertz CT molecular complexity index is 1080. The molecule has 0 fully saturated rings. The van der Waals surface area contributed by atoms with Crippen molar-refractivity contribution in [1.82, 2.24) is 9.88 Å². The third kappa shape index (κ3) is 5.24. The summed E-state index contributed by atoms with van der Waals surface area (Å²) in [5, 5.41) is 12.4. The van der Waals surface area contributed by atoms with Gasteiger partial charge in [0.2, 0.25) is 0 Å². The fraction of sp³-hybridized carbons (Fsp3) is 0.409. The monoisotopic (exact) mass is 468 g/mol. The Kier molecular flexibility index (Phi) is 6.38. The van der Waals surface area contributed by atoms with Crippen molar-refractivity contribution >= 4 is 23.2 Å². The van der Waals surface area contributed by atoms with E-state index in [4.69, 9.17) is 0 Å². The van der Waals surface area contributed by atoms with Crippen molar-refractivity contribution in [1.29, 1.82) is 0 Å². The van der Waals surface area contributed by atoms with Crippen molar-refractivity contribution in [2.45, 2.75) is 38.3 Å². The molecule has 0 aliphatic carbocycles.